The molecule has 1 amide bonds. The van der Waals surface area contributed by atoms with Crippen molar-refractivity contribution in [2.75, 3.05) is 14.2 Å². The van der Waals surface area contributed by atoms with Crippen LogP contribution in [0, 0.1) is 17.8 Å². The van der Waals surface area contributed by atoms with Gasteiger partial charge in [0.2, 0.25) is 11.8 Å². The molecule has 0 heterocycles. The fourth-order valence-corrected chi connectivity index (χ4v) is 2.44. The molecular formula is C9H13F2NO2. The van der Waals surface area contributed by atoms with Gasteiger partial charge in [0.15, 0.2) is 0 Å². The van der Waals surface area contributed by atoms with Gasteiger partial charge in [0.05, 0.1) is 7.11 Å². The van der Waals surface area contributed by atoms with Crippen molar-refractivity contribution in [2.24, 2.45) is 17.8 Å². The number of carbonyl (C=O) groups excluding carboxylic acids is 1. The molecule has 0 spiro atoms. The molecule has 14 heavy (non-hydrogen) atoms. The van der Waals surface area contributed by atoms with Crippen LogP contribution in [0.1, 0.15) is 12.8 Å². The predicted molar refractivity (Wildman–Crippen MR) is 44.4 cm³/mol. The van der Waals surface area contributed by atoms with E-state index in [1.807, 2.05) is 0 Å². The standard InChI is InChI=1S/C9H13F2NO2/c1-12(14-2)8(13)7-5-3-9(10,11)4-6(5)7/h5-7H,3-4H2,1-2H3. The minimum absolute atomic E-state index is 0.116. The summed E-state index contributed by atoms with van der Waals surface area (Å²) in [6, 6.07) is 0. The van der Waals surface area contributed by atoms with Crippen LogP contribution in [0.4, 0.5) is 8.78 Å². The molecule has 2 aliphatic rings. The van der Waals surface area contributed by atoms with Gasteiger partial charge in [-0.25, -0.2) is 13.8 Å². The van der Waals surface area contributed by atoms with Crippen molar-refractivity contribution in [1.82, 2.24) is 5.06 Å². The maximum Gasteiger partial charge on any atom is 0.249 e. The Morgan fingerprint density at radius 3 is 2.36 bits per heavy atom. The summed E-state index contributed by atoms with van der Waals surface area (Å²) < 4.78 is 25.6. The zero-order valence-corrected chi connectivity index (χ0v) is 8.17. The molecule has 3 nitrogen and oxygen atoms in total. The SMILES string of the molecule is CON(C)C(=O)C1C2CC(F)(F)CC21. The number of alkyl halides is 2. The van der Waals surface area contributed by atoms with E-state index in [0.29, 0.717) is 0 Å². The molecule has 0 radical (unpaired) electrons. The lowest BCUT2D eigenvalue weighted by atomic mass is 10.1. The molecule has 2 atom stereocenters. The number of fused-ring (bicyclic) bond motifs is 1. The van der Waals surface area contributed by atoms with Crippen LogP contribution >= 0.6 is 0 Å². The largest absolute Gasteiger partial charge is 0.275 e. The van der Waals surface area contributed by atoms with Crippen LogP contribution in [-0.2, 0) is 9.63 Å². The van der Waals surface area contributed by atoms with Crippen LogP contribution in [0.2, 0.25) is 0 Å². The lowest BCUT2D eigenvalue weighted by Gasteiger charge is -2.17. The van der Waals surface area contributed by atoms with Gasteiger partial charge in [-0.3, -0.25) is 9.63 Å². The summed E-state index contributed by atoms with van der Waals surface area (Å²) in [5.41, 5.74) is 0. The minimum atomic E-state index is -2.54. The normalized spacial score (nSPS) is 37.9. The molecular weight excluding hydrogens is 192 g/mol. The molecule has 2 unspecified atom stereocenters. The fraction of sp³-hybridized carbons (Fsp3) is 0.889. The summed E-state index contributed by atoms with van der Waals surface area (Å²) in [5, 5.41) is 1.13. The number of amides is 1. The molecule has 2 saturated carbocycles. The van der Waals surface area contributed by atoms with Gasteiger partial charge in [0.1, 0.15) is 0 Å². The highest BCUT2D eigenvalue weighted by molar-refractivity contribution is 5.81. The van der Waals surface area contributed by atoms with Crippen LogP contribution in [0.15, 0.2) is 0 Å². The summed E-state index contributed by atoms with van der Waals surface area (Å²) in [6.07, 6.45) is -0.267. The summed E-state index contributed by atoms with van der Waals surface area (Å²) in [6.45, 7) is 0. The van der Waals surface area contributed by atoms with Gasteiger partial charge in [-0.15, -0.1) is 0 Å². The number of carbonyl (C=O) groups is 1. The molecule has 0 bridgehead atoms. The van der Waals surface area contributed by atoms with Gasteiger partial charge >= 0.3 is 0 Å². The Labute approximate surface area is 81.0 Å². The highest BCUT2D eigenvalue weighted by atomic mass is 19.3. The molecule has 5 heteroatoms. The maximum absolute atomic E-state index is 12.8. The zero-order valence-electron chi connectivity index (χ0n) is 8.17. The summed E-state index contributed by atoms with van der Waals surface area (Å²) in [7, 11) is 2.90. The van der Waals surface area contributed by atoms with Crippen molar-refractivity contribution < 1.29 is 18.4 Å². The highest BCUT2D eigenvalue weighted by Gasteiger charge is 2.66. The Kier molecular flexibility index (Phi) is 2.03. The van der Waals surface area contributed by atoms with Gasteiger partial charge < -0.3 is 0 Å². The van der Waals surface area contributed by atoms with E-state index < -0.39 is 5.92 Å². The van der Waals surface area contributed by atoms with Crippen LogP contribution in [0.3, 0.4) is 0 Å². The third-order valence-electron chi connectivity index (χ3n) is 3.27. The van der Waals surface area contributed by atoms with Crippen molar-refractivity contribution in [2.45, 2.75) is 18.8 Å². The molecule has 0 N–H and O–H groups in total. The number of rotatable bonds is 2. The number of halogens is 2. The molecule has 80 valence electrons. The topological polar surface area (TPSA) is 29.5 Å². The van der Waals surface area contributed by atoms with E-state index >= 15 is 0 Å². The number of nitrogens with zero attached hydrogens (tertiary/aromatic N) is 1. The molecule has 0 aromatic rings. The highest BCUT2D eigenvalue weighted by Crippen LogP contribution is 2.62. The predicted octanol–water partition coefficient (Wildman–Crippen LogP) is 1.30. The summed E-state index contributed by atoms with van der Waals surface area (Å²) in [4.78, 5) is 16.2. The Hall–Kier alpha value is -0.710. The van der Waals surface area contributed by atoms with Gasteiger partial charge in [-0.1, -0.05) is 0 Å². The number of hydrogen-bond acceptors (Lipinski definition) is 2. The van der Waals surface area contributed by atoms with Crippen molar-refractivity contribution in [3.63, 3.8) is 0 Å². The van der Waals surface area contributed by atoms with Crippen molar-refractivity contribution in [3.8, 4) is 0 Å². The van der Waals surface area contributed by atoms with E-state index in [9.17, 15) is 13.6 Å². The average Bonchev–Trinajstić information content (AvgIpc) is 2.63. The van der Waals surface area contributed by atoms with E-state index in [2.05, 4.69) is 0 Å². The first kappa shape index (κ1) is 9.83. The molecule has 2 fully saturated rings. The first-order valence-electron chi connectivity index (χ1n) is 4.66. The number of hydroxylamine groups is 2. The van der Waals surface area contributed by atoms with Crippen molar-refractivity contribution in [1.29, 1.82) is 0 Å². The average molecular weight is 205 g/mol. The van der Waals surface area contributed by atoms with Crippen LogP contribution in [0.25, 0.3) is 0 Å². The Bertz CT molecular complexity index is 256. The van der Waals surface area contributed by atoms with Crippen LogP contribution in [-0.4, -0.2) is 31.1 Å². The second kappa shape index (κ2) is 2.89. The van der Waals surface area contributed by atoms with E-state index in [-0.39, 0.29) is 36.5 Å². The molecule has 0 aliphatic heterocycles. The van der Waals surface area contributed by atoms with E-state index in [1.165, 1.54) is 14.2 Å². The second-order valence-electron chi connectivity index (χ2n) is 4.14. The molecule has 0 saturated heterocycles. The Morgan fingerprint density at radius 2 is 1.93 bits per heavy atom. The fourth-order valence-electron chi connectivity index (χ4n) is 2.44. The van der Waals surface area contributed by atoms with Gasteiger partial charge in [-0.05, 0) is 11.8 Å². The van der Waals surface area contributed by atoms with E-state index in [1.54, 1.807) is 0 Å². The van der Waals surface area contributed by atoms with E-state index in [4.69, 9.17) is 4.84 Å². The Balaban J connectivity index is 1.93. The smallest absolute Gasteiger partial charge is 0.249 e. The van der Waals surface area contributed by atoms with Crippen LogP contribution < -0.4 is 0 Å². The second-order valence-corrected chi connectivity index (χ2v) is 4.14. The van der Waals surface area contributed by atoms with Gasteiger partial charge in [-0.2, -0.15) is 0 Å². The summed E-state index contributed by atoms with van der Waals surface area (Å²) >= 11 is 0. The molecule has 0 aromatic heterocycles. The molecule has 2 rings (SSSR count). The van der Waals surface area contributed by atoms with Gasteiger partial charge in [0, 0.05) is 25.8 Å². The minimum Gasteiger partial charge on any atom is -0.275 e. The lowest BCUT2D eigenvalue weighted by molar-refractivity contribution is -0.171. The van der Waals surface area contributed by atoms with Crippen molar-refractivity contribution in [3.05, 3.63) is 0 Å². The molecule has 2 aliphatic carbocycles. The quantitative estimate of drug-likeness (QED) is 0.636. The first-order valence-corrected chi connectivity index (χ1v) is 4.66. The molecule has 0 aromatic carbocycles. The van der Waals surface area contributed by atoms with Gasteiger partial charge in [0.25, 0.3) is 0 Å². The van der Waals surface area contributed by atoms with Crippen molar-refractivity contribution >= 4 is 5.91 Å². The summed E-state index contributed by atoms with van der Waals surface area (Å²) in [5.74, 6) is -3.17. The lowest BCUT2D eigenvalue weighted by Crippen LogP contribution is -2.30. The number of hydrogen-bond donors (Lipinski definition) is 0. The Morgan fingerprint density at radius 1 is 1.43 bits per heavy atom. The maximum atomic E-state index is 12.8. The zero-order chi connectivity index (χ0) is 10.5. The third kappa shape index (κ3) is 1.39. The van der Waals surface area contributed by atoms with E-state index in [0.717, 1.165) is 5.06 Å². The van der Waals surface area contributed by atoms with Crippen LogP contribution in [0.5, 0.6) is 0 Å². The monoisotopic (exact) mass is 205 g/mol. The first-order chi connectivity index (χ1) is 6.46. The third-order valence-corrected chi connectivity index (χ3v) is 3.27.